The molecule has 0 spiro atoms. The van der Waals surface area contributed by atoms with Crippen LogP contribution in [0.4, 0.5) is 0 Å². The van der Waals surface area contributed by atoms with Gasteiger partial charge in [-0.25, -0.2) is 4.79 Å². The molecule has 0 unspecified atom stereocenters. The van der Waals surface area contributed by atoms with Gasteiger partial charge in [-0.15, -0.1) is 0 Å². The highest BCUT2D eigenvalue weighted by Gasteiger charge is 2.08. The molecular weight excluding hydrogens is 254 g/mol. The van der Waals surface area contributed by atoms with E-state index in [-0.39, 0.29) is 12.6 Å². The summed E-state index contributed by atoms with van der Waals surface area (Å²) in [6, 6.07) is 5.95. The fraction of sp³-hybridized carbons (Fsp3) is 0.562. The van der Waals surface area contributed by atoms with Crippen molar-refractivity contribution in [3.8, 4) is 5.75 Å². The normalized spacial score (nSPS) is 10.3. The molecule has 1 aromatic rings. The van der Waals surface area contributed by atoms with Gasteiger partial charge in [-0.1, -0.05) is 38.0 Å². The first-order chi connectivity index (χ1) is 9.67. The van der Waals surface area contributed by atoms with Crippen molar-refractivity contribution in [2.75, 3.05) is 19.8 Å². The van der Waals surface area contributed by atoms with Gasteiger partial charge in [-0.3, -0.25) is 0 Å². The Morgan fingerprint density at radius 1 is 1.30 bits per heavy atom. The molecule has 1 N–H and O–H groups in total. The quantitative estimate of drug-likeness (QED) is 0.558. The van der Waals surface area contributed by atoms with Crippen molar-refractivity contribution in [1.29, 1.82) is 0 Å². The maximum Gasteiger partial charge on any atom is 0.344 e. The second-order valence-corrected chi connectivity index (χ2v) is 4.75. The van der Waals surface area contributed by atoms with Crippen LogP contribution in [0.25, 0.3) is 0 Å². The summed E-state index contributed by atoms with van der Waals surface area (Å²) in [6.07, 6.45) is 1.90. The largest absolute Gasteiger partial charge is 0.482 e. The Morgan fingerprint density at radius 3 is 2.80 bits per heavy atom. The summed E-state index contributed by atoms with van der Waals surface area (Å²) < 4.78 is 10.6. The van der Waals surface area contributed by atoms with E-state index >= 15 is 0 Å². The van der Waals surface area contributed by atoms with Crippen LogP contribution in [-0.4, -0.2) is 25.7 Å². The van der Waals surface area contributed by atoms with Crippen LogP contribution in [0, 0.1) is 6.92 Å². The first-order valence-corrected chi connectivity index (χ1v) is 7.26. The van der Waals surface area contributed by atoms with Crippen LogP contribution in [0.15, 0.2) is 18.2 Å². The highest BCUT2D eigenvalue weighted by molar-refractivity contribution is 5.71. The average molecular weight is 279 g/mol. The predicted molar refractivity (Wildman–Crippen MR) is 79.9 cm³/mol. The number of benzene rings is 1. The summed E-state index contributed by atoms with van der Waals surface area (Å²) in [7, 11) is 0. The third kappa shape index (κ3) is 6.06. The Morgan fingerprint density at radius 2 is 2.10 bits per heavy atom. The van der Waals surface area contributed by atoms with E-state index in [0.717, 1.165) is 37.2 Å². The topological polar surface area (TPSA) is 47.6 Å². The molecule has 1 rings (SSSR count). The molecule has 0 aromatic heterocycles. The highest BCUT2D eigenvalue weighted by atomic mass is 16.6. The minimum absolute atomic E-state index is 0.0358. The monoisotopic (exact) mass is 279 g/mol. The van der Waals surface area contributed by atoms with Gasteiger partial charge in [0.15, 0.2) is 6.61 Å². The zero-order valence-corrected chi connectivity index (χ0v) is 12.7. The number of aryl methyl sites for hydroxylation is 1. The van der Waals surface area contributed by atoms with Crippen LogP contribution in [0.5, 0.6) is 5.75 Å². The molecule has 0 saturated heterocycles. The molecular formula is C16H25NO3. The van der Waals surface area contributed by atoms with E-state index in [2.05, 4.69) is 25.2 Å². The molecule has 0 heterocycles. The Balaban J connectivity index is 2.51. The molecule has 0 aliphatic heterocycles. The lowest BCUT2D eigenvalue weighted by Crippen LogP contribution is -2.17. The van der Waals surface area contributed by atoms with E-state index in [9.17, 15) is 4.79 Å². The number of carbonyl (C=O) groups is 1. The van der Waals surface area contributed by atoms with Gasteiger partial charge >= 0.3 is 5.97 Å². The summed E-state index contributed by atoms with van der Waals surface area (Å²) in [4.78, 5) is 11.5. The molecule has 0 aliphatic carbocycles. The van der Waals surface area contributed by atoms with E-state index in [1.54, 1.807) is 0 Å². The van der Waals surface area contributed by atoms with Crippen molar-refractivity contribution in [3.05, 3.63) is 29.3 Å². The third-order valence-corrected chi connectivity index (χ3v) is 2.89. The van der Waals surface area contributed by atoms with Gasteiger partial charge in [-0.05, 0) is 26.0 Å². The molecule has 112 valence electrons. The van der Waals surface area contributed by atoms with E-state index in [1.807, 2.05) is 19.1 Å². The third-order valence-electron chi connectivity index (χ3n) is 2.89. The molecule has 0 amide bonds. The number of unbranched alkanes of at least 4 members (excludes halogenated alkanes) is 1. The summed E-state index contributed by atoms with van der Waals surface area (Å²) in [5.74, 6) is 0.428. The Kier molecular flexibility index (Phi) is 7.73. The van der Waals surface area contributed by atoms with Crippen molar-refractivity contribution >= 4 is 5.97 Å². The molecule has 0 radical (unpaired) electrons. The van der Waals surface area contributed by atoms with Crippen molar-refractivity contribution < 1.29 is 14.3 Å². The summed E-state index contributed by atoms with van der Waals surface area (Å²) in [5, 5.41) is 3.27. The fourth-order valence-electron chi connectivity index (χ4n) is 1.76. The Labute approximate surface area is 121 Å². The molecule has 0 aliphatic rings. The Hall–Kier alpha value is -1.55. The number of hydrogen-bond donors (Lipinski definition) is 1. The molecule has 0 bridgehead atoms. The van der Waals surface area contributed by atoms with Crippen molar-refractivity contribution in [2.45, 2.75) is 40.2 Å². The average Bonchev–Trinajstić information content (AvgIpc) is 2.44. The van der Waals surface area contributed by atoms with Gasteiger partial charge in [0.05, 0.1) is 6.61 Å². The lowest BCUT2D eigenvalue weighted by Gasteiger charge is -2.12. The second-order valence-electron chi connectivity index (χ2n) is 4.75. The maximum absolute atomic E-state index is 11.5. The number of ether oxygens (including phenoxy) is 2. The maximum atomic E-state index is 11.5. The zero-order chi connectivity index (χ0) is 14.8. The number of rotatable bonds is 9. The van der Waals surface area contributed by atoms with Crippen LogP contribution < -0.4 is 10.1 Å². The van der Waals surface area contributed by atoms with Crippen LogP contribution in [0.3, 0.4) is 0 Å². The first-order valence-electron chi connectivity index (χ1n) is 7.26. The minimum atomic E-state index is -0.312. The van der Waals surface area contributed by atoms with Crippen LogP contribution >= 0.6 is 0 Å². The van der Waals surface area contributed by atoms with E-state index in [1.165, 1.54) is 5.56 Å². The molecule has 1 aromatic carbocycles. The van der Waals surface area contributed by atoms with Crippen LogP contribution in [-0.2, 0) is 16.1 Å². The van der Waals surface area contributed by atoms with Gasteiger partial charge in [0.25, 0.3) is 0 Å². The SMILES string of the molecule is CCCCOC(=O)COc1ccc(C)cc1CNCC. The molecule has 4 nitrogen and oxygen atoms in total. The van der Waals surface area contributed by atoms with Crippen molar-refractivity contribution in [3.63, 3.8) is 0 Å². The van der Waals surface area contributed by atoms with Gasteiger partial charge in [0, 0.05) is 12.1 Å². The van der Waals surface area contributed by atoms with Crippen molar-refractivity contribution in [1.82, 2.24) is 5.32 Å². The first kappa shape index (κ1) is 16.5. The molecule has 20 heavy (non-hydrogen) atoms. The van der Waals surface area contributed by atoms with Gasteiger partial charge in [0.1, 0.15) is 5.75 Å². The molecule has 0 atom stereocenters. The zero-order valence-electron chi connectivity index (χ0n) is 12.7. The number of nitrogens with one attached hydrogen (secondary N) is 1. The van der Waals surface area contributed by atoms with Crippen molar-refractivity contribution in [2.24, 2.45) is 0 Å². The summed E-state index contributed by atoms with van der Waals surface area (Å²) >= 11 is 0. The summed E-state index contributed by atoms with van der Waals surface area (Å²) in [5.41, 5.74) is 2.24. The van der Waals surface area contributed by atoms with Crippen LogP contribution in [0.2, 0.25) is 0 Å². The molecule has 0 saturated carbocycles. The standard InChI is InChI=1S/C16H25NO3/c1-4-6-9-19-16(18)12-20-15-8-7-13(3)10-14(15)11-17-5-2/h7-8,10,17H,4-6,9,11-12H2,1-3H3. The van der Waals surface area contributed by atoms with E-state index in [4.69, 9.17) is 9.47 Å². The second kappa shape index (κ2) is 9.37. The Bertz CT molecular complexity index is 418. The lowest BCUT2D eigenvalue weighted by atomic mass is 10.1. The van der Waals surface area contributed by atoms with Gasteiger partial charge in [0.2, 0.25) is 0 Å². The predicted octanol–water partition coefficient (Wildman–Crippen LogP) is 2.83. The van der Waals surface area contributed by atoms with Crippen LogP contribution in [0.1, 0.15) is 37.8 Å². The minimum Gasteiger partial charge on any atom is -0.482 e. The van der Waals surface area contributed by atoms with Gasteiger partial charge in [-0.2, -0.15) is 0 Å². The fourth-order valence-corrected chi connectivity index (χ4v) is 1.76. The number of carbonyl (C=O) groups excluding carboxylic acids is 1. The molecule has 4 heteroatoms. The lowest BCUT2D eigenvalue weighted by molar-refractivity contribution is -0.146. The summed E-state index contributed by atoms with van der Waals surface area (Å²) in [6.45, 7) is 8.22. The highest BCUT2D eigenvalue weighted by Crippen LogP contribution is 2.20. The number of hydrogen-bond acceptors (Lipinski definition) is 4. The molecule has 0 fully saturated rings. The smallest absolute Gasteiger partial charge is 0.344 e. The van der Waals surface area contributed by atoms with Gasteiger partial charge < -0.3 is 14.8 Å². The number of esters is 1. The van der Waals surface area contributed by atoms with E-state index < -0.39 is 0 Å². The van der Waals surface area contributed by atoms with E-state index in [0.29, 0.717) is 6.61 Å².